The molecular formula is C17H16O3. The Labute approximate surface area is 118 Å². The van der Waals surface area contributed by atoms with E-state index in [2.05, 4.69) is 0 Å². The number of methoxy groups -OCH3 is 1. The molecule has 0 amide bonds. The standard InChI is InChI=1S/C17H16O3/c1-19-13-20-17-10-6-5-9-15(17)11-12-16(18)14-7-3-2-4-8-14/h2-12H,13H2,1H3. The van der Waals surface area contributed by atoms with Crippen molar-refractivity contribution in [1.29, 1.82) is 0 Å². The second kappa shape index (κ2) is 7.26. The molecule has 3 nitrogen and oxygen atoms in total. The first-order chi connectivity index (χ1) is 9.81. The van der Waals surface area contributed by atoms with Gasteiger partial charge in [0.15, 0.2) is 12.6 Å². The topological polar surface area (TPSA) is 35.5 Å². The quantitative estimate of drug-likeness (QED) is 0.456. The molecule has 0 heterocycles. The Morgan fingerprint density at radius 3 is 2.50 bits per heavy atom. The van der Waals surface area contributed by atoms with Crippen molar-refractivity contribution in [2.45, 2.75) is 0 Å². The van der Waals surface area contributed by atoms with Gasteiger partial charge in [0.2, 0.25) is 0 Å². The Kier molecular flexibility index (Phi) is 5.09. The minimum absolute atomic E-state index is 0.0351. The second-order valence-corrected chi connectivity index (χ2v) is 4.15. The molecule has 2 aromatic rings. The molecule has 0 saturated heterocycles. The Morgan fingerprint density at radius 1 is 1.05 bits per heavy atom. The maximum atomic E-state index is 12.0. The van der Waals surface area contributed by atoms with Crippen molar-refractivity contribution in [2.75, 3.05) is 13.9 Å². The summed E-state index contributed by atoms with van der Waals surface area (Å²) in [4.78, 5) is 12.0. The first kappa shape index (κ1) is 14.0. The lowest BCUT2D eigenvalue weighted by Crippen LogP contribution is -2.00. The van der Waals surface area contributed by atoms with E-state index >= 15 is 0 Å². The first-order valence-electron chi connectivity index (χ1n) is 6.29. The van der Waals surface area contributed by atoms with Gasteiger partial charge in [-0.1, -0.05) is 48.5 Å². The Balaban J connectivity index is 2.13. The summed E-state index contributed by atoms with van der Waals surface area (Å²) in [5.41, 5.74) is 1.51. The van der Waals surface area contributed by atoms with E-state index in [1.54, 1.807) is 31.4 Å². The third-order valence-corrected chi connectivity index (χ3v) is 2.72. The normalized spacial score (nSPS) is 10.7. The molecule has 0 saturated carbocycles. The predicted octanol–water partition coefficient (Wildman–Crippen LogP) is 3.57. The van der Waals surface area contributed by atoms with Gasteiger partial charge in [-0.15, -0.1) is 0 Å². The fourth-order valence-corrected chi connectivity index (χ4v) is 1.74. The van der Waals surface area contributed by atoms with Crippen LogP contribution in [0, 0.1) is 0 Å². The molecule has 0 aliphatic rings. The van der Waals surface area contributed by atoms with Crippen LogP contribution in [0.3, 0.4) is 0 Å². The average Bonchev–Trinajstić information content (AvgIpc) is 2.52. The van der Waals surface area contributed by atoms with Crippen LogP contribution in [-0.2, 0) is 4.74 Å². The van der Waals surface area contributed by atoms with Crippen LogP contribution in [0.1, 0.15) is 15.9 Å². The molecule has 0 aliphatic carbocycles. The van der Waals surface area contributed by atoms with Gasteiger partial charge in [0, 0.05) is 18.2 Å². The largest absolute Gasteiger partial charge is 0.467 e. The highest BCUT2D eigenvalue weighted by molar-refractivity contribution is 6.06. The van der Waals surface area contributed by atoms with E-state index in [9.17, 15) is 4.79 Å². The highest BCUT2D eigenvalue weighted by atomic mass is 16.7. The minimum Gasteiger partial charge on any atom is -0.467 e. The molecule has 0 atom stereocenters. The number of hydrogen-bond donors (Lipinski definition) is 0. The van der Waals surface area contributed by atoms with Gasteiger partial charge >= 0.3 is 0 Å². The third kappa shape index (κ3) is 3.80. The molecule has 2 rings (SSSR count). The number of hydrogen-bond acceptors (Lipinski definition) is 3. The lowest BCUT2D eigenvalue weighted by Gasteiger charge is -2.07. The van der Waals surface area contributed by atoms with E-state index in [0.29, 0.717) is 11.3 Å². The summed E-state index contributed by atoms with van der Waals surface area (Å²) in [6.07, 6.45) is 3.30. The maximum Gasteiger partial charge on any atom is 0.188 e. The molecule has 0 aromatic heterocycles. The minimum atomic E-state index is -0.0351. The van der Waals surface area contributed by atoms with E-state index < -0.39 is 0 Å². The Morgan fingerprint density at radius 2 is 1.75 bits per heavy atom. The van der Waals surface area contributed by atoms with Gasteiger partial charge in [0.25, 0.3) is 0 Å². The number of carbonyl (C=O) groups is 1. The third-order valence-electron chi connectivity index (χ3n) is 2.72. The highest BCUT2D eigenvalue weighted by Gasteiger charge is 2.02. The summed E-state index contributed by atoms with van der Waals surface area (Å²) in [5, 5.41) is 0. The summed E-state index contributed by atoms with van der Waals surface area (Å²) in [5.74, 6) is 0.651. The number of ether oxygens (including phenoxy) is 2. The molecule has 0 spiro atoms. The van der Waals surface area contributed by atoms with Crippen molar-refractivity contribution >= 4 is 11.9 Å². The zero-order valence-electron chi connectivity index (χ0n) is 11.3. The summed E-state index contributed by atoms with van der Waals surface area (Å²) in [6.45, 7) is 0.178. The van der Waals surface area contributed by atoms with Crippen LogP contribution >= 0.6 is 0 Å². The summed E-state index contributed by atoms with van der Waals surface area (Å²) >= 11 is 0. The number of para-hydroxylation sites is 1. The molecular weight excluding hydrogens is 252 g/mol. The number of ketones is 1. The zero-order chi connectivity index (χ0) is 14.2. The van der Waals surface area contributed by atoms with Gasteiger partial charge in [0.05, 0.1) is 0 Å². The molecule has 0 bridgehead atoms. The average molecular weight is 268 g/mol. The Hall–Kier alpha value is -2.39. The van der Waals surface area contributed by atoms with Crippen LogP contribution in [0.25, 0.3) is 6.08 Å². The lowest BCUT2D eigenvalue weighted by molar-refractivity contribution is 0.0510. The molecule has 0 radical (unpaired) electrons. The molecule has 0 unspecified atom stereocenters. The van der Waals surface area contributed by atoms with Crippen molar-refractivity contribution in [1.82, 2.24) is 0 Å². The zero-order valence-corrected chi connectivity index (χ0v) is 11.3. The second-order valence-electron chi connectivity index (χ2n) is 4.15. The molecule has 0 N–H and O–H groups in total. The van der Waals surface area contributed by atoms with Crippen LogP contribution in [0.2, 0.25) is 0 Å². The first-order valence-corrected chi connectivity index (χ1v) is 6.29. The van der Waals surface area contributed by atoms with Crippen LogP contribution in [-0.4, -0.2) is 19.7 Å². The Bertz CT molecular complexity index is 588. The SMILES string of the molecule is COCOc1ccccc1C=CC(=O)c1ccccc1. The molecule has 3 heteroatoms. The summed E-state index contributed by atoms with van der Waals surface area (Å²) < 4.78 is 10.3. The fraction of sp³-hybridized carbons (Fsp3) is 0.118. The number of carbonyl (C=O) groups excluding carboxylic acids is 1. The lowest BCUT2D eigenvalue weighted by atomic mass is 10.1. The number of benzene rings is 2. The van der Waals surface area contributed by atoms with Gasteiger partial charge in [0.1, 0.15) is 5.75 Å². The fourth-order valence-electron chi connectivity index (χ4n) is 1.74. The van der Waals surface area contributed by atoms with Crippen LogP contribution in [0.15, 0.2) is 60.7 Å². The van der Waals surface area contributed by atoms with E-state index in [-0.39, 0.29) is 12.6 Å². The van der Waals surface area contributed by atoms with Gasteiger partial charge in [-0.05, 0) is 18.2 Å². The highest BCUT2D eigenvalue weighted by Crippen LogP contribution is 2.19. The van der Waals surface area contributed by atoms with Crippen molar-refractivity contribution in [3.05, 3.63) is 71.8 Å². The smallest absolute Gasteiger partial charge is 0.188 e. The van der Waals surface area contributed by atoms with Gasteiger partial charge in [-0.25, -0.2) is 0 Å². The van der Waals surface area contributed by atoms with Crippen molar-refractivity contribution in [3.8, 4) is 5.75 Å². The van der Waals surface area contributed by atoms with Gasteiger partial charge < -0.3 is 9.47 Å². The summed E-state index contributed by atoms with van der Waals surface area (Å²) in [6, 6.07) is 16.7. The summed E-state index contributed by atoms with van der Waals surface area (Å²) in [7, 11) is 1.57. The number of allylic oxidation sites excluding steroid dienone is 1. The van der Waals surface area contributed by atoms with E-state index in [1.165, 1.54) is 0 Å². The van der Waals surface area contributed by atoms with Crippen molar-refractivity contribution in [2.24, 2.45) is 0 Å². The number of rotatable bonds is 6. The van der Waals surface area contributed by atoms with Crippen LogP contribution < -0.4 is 4.74 Å². The molecule has 0 fully saturated rings. The van der Waals surface area contributed by atoms with Crippen LogP contribution in [0.4, 0.5) is 0 Å². The van der Waals surface area contributed by atoms with Crippen LogP contribution in [0.5, 0.6) is 5.75 Å². The van der Waals surface area contributed by atoms with Crippen molar-refractivity contribution < 1.29 is 14.3 Å². The maximum absolute atomic E-state index is 12.0. The van der Waals surface area contributed by atoms with E-state index in [4.69, 9.17) is 9.47 Å². The molecule has 0 aliphatic heterocycles. The van der Waals surface area contributed by atoms with E-state index in [0.717, 1.165) is 5.56 Å². The van der Waals surface area contributed by atoms with Gasteiger partial charge in [-0.3, -0.25) is 4.79 Å². The van der Waals surface area contributed by atoms with Crippen molar-refractivity contribution in [3.63, 3.8) is 0 Å². The monoisotopic (exact) mass is 268 g/mol. The molecule has 2 aromatic carbocycles. The predicted molar refractivity (Wildman–Crippen MR) is 78.8 cm³/mol. The van der Waals surface area contributed by atoms with E-state index in [1.807, 2.05) is 42.5 Å². The molecule has 102 valence electrons. The molecule has 20 heavy (non-hydrogen) atoms. The van der Waals surface area contributed by atoms with Gasteiger partial charge in [-0.2, -0.15) is 0 Å².